The number of hydrogen-bond acceptors (Lipinski definition) is 2. The number of unbranched alkanes of at least 4 members (excludes halogenated alkanes) is 3. The number of piperidine rings is 1. The van der Waals surface area contributed by atoms with Gasteiger partial charge in [0.05, 0.1) is 0 Å². The average Bonchev–Trinajstić information content (AvgIpc) is 2.32. The van der Waals surface area contributed by atoms with Crippen LogP contribution in [-0.2, 0) is 9.59 Å². The van der Waals surface area contributed by atoms with Crippen molar-refractivity contribution in [3.63, 3.8) is 0 Å². The maximum Gasteiger partial charge on any atom is 0.326 e. The molecule has 1 atom stereocenters. The Morgan fingerprint density at radius 3 is 2.53 bits per heavy atom. The van der Waals surface area contributed by atoms with Crippen LogP contribution in [0.25, 0.3) is 0 Å². The largest absolute Gasteiger partial charge is 0.480 e. The Morgan fingerprint density at radius 2 is 1.95 bits per heavy atom. The normalized spacial score (nSPS) is 22.3. The van der Waals surface area contributed by atoms with Crippen LogP contribution in [0.4, 0.5) is 0 Å². The molecule has 4 heteroatoms. The van der Waals surface area contributed by atoms with Crippen molar-refractivity contribution in [2.75, 3.05) is 6.54 Å². The molecule has 0 bridgehead atoms. The van der Waals surface area contributed by atoms with E-state index < -0.39 is 12.0 Å². The summed E-state index contributed by atoms with van der Waals surface area (Å²) in [6.45, 7) is 6.62. The summed E-state index contributed by atoms with van der Waals surface area (Å²) in [5, 5.41) is 9.41. The summed E-state index contributed by atoms with van der Waals surface area (Å²) in [6.07, 6.45) is 6.46. The van der Waals surface area contributed by atoms with E-state index in [1.165, 1.54) is 0 Å². The summed E-state index contributed by atoms with van der Waals surface area (Å²) in [5.41, 5.74) is -0.330. The van der Waals surface area contributed by atoms with Crippen LogP contribution in [0, 0.1) is 5.41 Å². The molecule has 0 aromatic carbocycles. The highest BCUT2D eigenvalue weighted by atomic mass is 16.4. The SMILES string of the molecule is CCCCCCC(=O)N1CCCC(C)(C)C1C(=O)O. The first-order valence-electron chi connectivity index (χ1n) is 7.42. The molecule has 1 N–H and O–H groups in total. The van der Waals surface area contributed by atoms with Crippen molar-refractivity contribution in [1.29, 1.82) is 0 Å². The highest BCUT2D eigenvalue weighted by Gasteiger charge is 2.44. The van der Waals surface area contributed by atoms with Gasteiger partial charge < -0.3 is 10.0 Å². The molecule has 0 aliphatic carbocycles. The first-order valence-corrected chi connectivity index (χ1v) is 7.42. The topological polar surface area (TPSA) is 57.6 Å². The van der Waals surface area contributed by atoms with Crippen LogP contribution in [0.15, 0.2) is 0 Å². The Hall–Kier alpha value is -1.06. The van der Waals surface area contributed by atoms with Gasteiger partial charge in [0.25, 0.3) is 0 Å². The van der Waals surface area contributed by atoms with Gasteiger partial charge in [-0.05, 0) is 24.7 Å². The molecule has 4 nitrogen and oxygen atoms in total. The lowest BCUT2D eigenvalue weighted by Crippen LogP contribution is -2.56. The third-order valence-electron chi connectivity index (χ3n) is 4.07. The van der Waals surface area contributed by atoms with Crippen LogP contribution >= 0.6 is 0 Å². The van der Waals surface area contributed by atoms with E-state index in [0.717, 1.165) is 38.5 Å². The van der Waals surface area contributed by atoms with Gasteiger partial charge in [0, 0.05) is 13.0 Å². The molecule has 1 fully saturated rings. The standard InChI is InChI=1S/C15H27NO3/c1-4-5-6-7-9-12(17)16-11-8-10-15(2,3)13(16)14(18)19/h13H,4-11H2,1-3H3,(H,18,19). The second-order valence-electron chi connectivity index (χ2n) is 6.23. The van der Waals surface area contributed by atoms with Crippen molar-refractivity contribution in [2.24, 2.45) is 5.41 Å². The van der Waals surface area contributed by atoms with Gasteiger partial charge in [-0.2, -0.15) is 0 Å². The Labute approximate surface area is 116 Å². The number of likely N-dealkylation sites (tertiary alicyclic amines) is 1. The average molecular weight is 269 g/mol. The predicted molar refractivity (Wildman–Crippen MR) is 74.9 cm³/mol. The van der Waals surface area contributed by atoms with Crippen LogP contribution < -0.4 is 0 Å². The minimum absolute atomic E-state index is 0.0104. The van der Waals surface area contributed by atoms with E-state index in [1.54, 1.807) is 4.90 Å². The summed E-state index contributed by atoms with van der Waals surface area (Å²) in [4.78, 5) is 25.3. The van der Waals surface area contributed by atoms with Crippen LogP contribution in [0.2, 0.25) is 0 Å². The second kappa shape index (κ2) is 6.92. The number of amides is 1. The fraction of sp³-hybridized carbons (Fsp3) is 0.867. The Morgan fingerprint density at radius 1 is 1.26 bits per heavy atom. The number of rotatable bonds is 6. The zero-order valence-electron chi connectivity index (χ0n) is 12.4. The van der Waals surface area contributed by atoms with E-state index in [-0.39, 0.29) is 11.3 Å². The summed E-state index contributed by atoms with van der Waals surface area (Å²) in [7, 11) is 0. The number of carbonyl (C=O) groups is 2. The molecule has 1 aliphatic rings. The molecule has 0 aromatic rings. The van der Waals surface area contributed by atoms with Gasteiger partial charge in [-0.25, -0.2) is 4.79 Å². The monoisotopic (exact) mass is 269 g/mol. The van der Waals surface area contributed by atoms with Gasteiger partial charge in [-0.3, -0.25) is 4.79 Å². The molecule has 0 aromatic heterocycles. The van der Waals surface area contributed by atoms with E-state index in [2.05, 4.69) is 6.92 Å². The summed E-state index contributed by atoms with van der Waals surface area (Å²) in [5.74, 6) is -0.858. The van der Waals surface area contributed by atoms with E-state index in [1.807, 2.05) is 13.8 Å². The zero-order valence-corrected chi connectivity index (χ0v) is 12.4. The molecular formula is C15H27NO3. The first-order chi connectivity index (χ1) is 8.90. The fourth-order valence-electron chi connectivity index (χ4n) is 2.98. The van der Waals surface area contributed by atoms with Crippen molar-refractivity contribution in [3.8, 4) is 0 Å². The molecule has 0 saturated carbocycles. The van der Waals surface area contributed by atoms with E-state index in [0.29, 0.717) is 13.0 Å². The quantitative estimate of drug-likeness (QED) is 0.754. The fourth-order valence-corrected chi connectivity index (χ4v) is 2.98. The molecule has 0 radical (unpaired) electrons. The Balaban J connectivity index is 2.62. The van der Waals surface area contributed by atoms with Crippen LogP contribution in [-0.4, -0.2) is 34.5 Å². The Kier molecular flexibility index (Phi) is 5.83. The van der Waals surface area contributed by atoms with Crippen molar-refractivity contribution >= 4 is 11.9 Å². The second-order valence-corrected chi connectivity index (χ2v) is 6.23. The number of carbonyl (C=O) groups excluding carboxylic acids is 1. The lowest BCUT2D eigenvalue weighted by molar-refractivity contribution is -0.158. The minimum atomic E-state index is -0.869. The maximum atomic E-state index is 12.2. The molecule has 1 saturated heterocycles. The van der Waals surface area contributed by atoms with Gasteiger partial charge in [0.2, 0.25) is 5.91 Å². The first kappa shape index (κ1) is 16.0. The molecule has 1 unspecified atom stereocenters. The van der Waals surface area contributed by atoms with Crippen molar-refractivity contribution in [3.05, 3.63) is 0 Å². The van der Waals surface area contributed by atoms with Crippen molar-refractivity contribution < 1.29 is 14.7 Å². The summed E-state index contributed by atoms with van der Waals surface area (Å²) in [6, 6.07) is -0.667. The highest BCUT2D eigenvalue weighted by Crippen LogP contribution is 2.35. The van der Waals surface area contributed by atoms with Crippen LogP contribution in [0.3, 0.4) is 0 Å². The zero-order chi connectivity index (χ0) is 14.5. The molecular weight excluding hydrogens is 242 g/mol. The summed E-state index contributed by atoms with van der Waals surface area (Å²) < 4.78 is 0. The molecule has 1 heterocycles. The van der Waals surface area contributed by atoms with Crippen molar-refractivity contribution in [1.82, 2.24) is 4.90 Å². The Bertz CT molecular complexity index is 325. The van der Waals surface area contributed by atoms with Gasteiger partial charge in [0.1, 0.15) is 6.04 Å². The van der Waals surface area contributed by atoms with E-state index in [4.69, 9.17) is 0 Å². The molecule has 1 aliphatic heterocycles. The third kappa shape index (κ3) is 4.22. The smallest absolute Gasteiger partial charge is 0.326 e. The maximum absolute atomic E-state index is 12.2. The van der Waals surface area contributed by atoms with Crippen LogP contribution in [0.1, 0.15) is 65.7 Å². The molecule has 110 valence electrons. The predicted octanol–water partition coefficient (Wildman–Crippen LogP) is 3.06. The lowest BCUT2D eigenvalue weighted by atomic mass is 9.76. The number of nitrogens with zero attached hydrogens (tertiary/aromatic N) is 1. The third-order valence-corrected chi connectivity index (χ3v) is 4.07. The van der Waals surface area contributed by atoms with Crippen molar-refractivity contribution in [2.45, 2.75) is 71.8 Å². The number of carboxylic acids is 1. The molecule has 1 amide bonds. The number of aliphatic carboxylic acids is 1. The number of carboxylic acid groups (broad SMARTS) is 1. The molecule has 0 spiro atoms. The van der Waals surface area contributed by atoms with Gasteiger partial charge in [-0.15, -0.1) is 0 Å². The van der Waals surface area contributed by atoms with E-state index >= 15 is 0 Å². The number of hydrogen-bond donors (Lipinski definition) is 1. The van der Waals surface area contributed by atoms with Gasteiger partial charge in [-0.1, -0.05) is 40.0 Å². The lowest BCUT2D eigenvalue weighted by Gasteiger charge is -2.44. The minimum Gasteiger partial charge on any atom is -0.480 e. The van der Waals surface area contributed by atoms with Gasteiger partial charge >= 0.3 is 5.97 Å². The molecule has 1 rings (SSSR count). The summed E-state index contributed by atoms with van der Waals surface area (Å²) >= 11 is 0. The molecule has 19 heavy (non-hydrogen) atoms. The highest BCUT2D eigenvalue weighted by molar-refractivity contribution is 5.84. The van der Waals surface area contributed by atoms with E-state index in [9.17, 15) is 14.7 Å². The van der Waals surface area contributed by atoms with Crippen LogP contribution in [0.5, 0.6) is 0 Å². The van der Waals surface area contributed by atoms with Gasteiger partial charge in [0.15, 0.2) is 0 Å².